The maximum Gasteiger partial charge on any atom is 0.339 e. The smallest absolute Gasteiger partial charge is 0.339 e. The molecule has 0 amide bonds. The number of carboxylic acids is 1. The van der Waals surface area contributed by atoms with Gasteiger partial charge in [-0.15, -0.1) is 0 Å². The Balaban J connectivity index is 1.84. The van der Waals surface area contributed by atoms with Gasteiger partial charge in [-0.05, 0) is 37.8 Å². The lowest BCUT2D eigenvalue weighted by Crippen LogP contribution is -2.11. The molecule has 1 aromatic heterocycles. The van der Waals surface area contributed by atoms with E-state index in [2.05, 4.69) is 10.3 Å². The maximum absolute atomic E-state index is 11.1. The van der Waals surface area contributed by atoms with Crippen LogP contribution in [0.25, 0.3) is 0 Å². The summed E-state index contributed by atoms with van der Waals surface area (Å²) in [6.07, 6.45) is 7.80. The lowest BCUT2D eigenvalue weighted by Gasteiger charge is -2.11. The lowest BCUT2D eigenvalue weighted by molar-refractivity contribution is 0.0697. The second kappa shape index (κ2) is 6.55. The minimum atomic E-state index is -0.925. The predicted molar refractivity (Wildman–Crippen MR) is 75.6 cm³/mol. The van der Waals surface area contributed by atoms with Crippen molar-refractivity contribution in [2.45, 2.75) is 45.4 Å². The molecule has 2 N–H and O–H groups in total. The van der Waals surface area contributed by atoms with E-state index < -0.39 is 5.97 Å². The molecule has 0 saturated heterocycles. The third-order valence-electron chi connectivity index (χ3n) is 3.82. The summed E-state index contributed by atoms with van der Waals surface area (Å²) in [5, 5.41) is 12.3. The summed E-state index contributed by atoms with van der Waals surface area (Å²) in [7, 11) is 0. The van der Waals surface area contributed by atoms with Crippen molar-refractivity contribution in [1.82, 2.24) is 4.98 Å². The van der Waals surface area contributed by atoms with Crippen LogP contribution in [0.15, 0.2) is 12.1 Å². The van der Waals surface area contributed by atoms with Crippen LogP contribution in [0, 0.1) is 12.8 Å². The average Bonchev–Trinajstić information content (AvgIpc) is 2.87. The van der Waals surface area contributed by atoms with Crippen LogP contribution in [0.1, 0.15) is 54.6 Å². The van der Waals surface area contributed by atoms with Crippen LogP contribution < -0.4 is 5.32 Å². The van der Waals surface area contributed by atoms with E-state index in [0.717, 1.165) is 24.6 Å². The zero-order chi connectivity index (χ0) is 13.7. The number of hydrogen-bond acceptors (Lipinski definition) is 3. The van der Waals surface area contributed by atoms with Crippen molar-refractivity contribution >= 4 is 11.8 Å². The van der Waals surface area contributed by atoms with E-state index in [0.29, 0.717) is 5.82 Å². The maximum atomic E-state index is 11.1. The lowest BCUT2D eigenvalue weighted by atomic mass is 10.0. The van der Waals surface area contributed by atoms with Gasteiger partial charge in [0.05, 0.1) is 0 Å². The molecule has 0 bridgehead atoms. The number of aromatic nitrogens is 1. The molecule has 0 aliphatic heterocycles. The third kappa shape index (κ3) is 3.94. The van der Waals surface area contributed by atoms with E-state index in [1.165, 1.54) is 32.1 Å². The Kier molecular flexibility index (Phi) is 4.77. The Morgan fingerprint density at radius 2 is 2.16 bits per heavy atom. The molecule has 0 unspecified atom stereocenters. The zero-order valence-corrected chi connectivity index (χ0v) is 11.5. The summed E-state index contributed by atoms with van der Waals surface area (Å²) in [5.41, 5.74) is 1.09. The number of nitrogens with one attached hydrogen (secondary N) is 1. The van der Waals surface area contributed by atoms with Crippen LogP contribution in [0.2, 0.25) is 0 Å². The number of pyridine rings is 1. The first kappa shape index (κ1) is 13.8. The van der Waals surface area contributed by atoms with Gasteiger partial charge in [-0.25, -0.2) is 9.78 Å². The highest BCUT2D eigenvalue weighted by molar-refractivity contribution is 5.93. The van der Waals surface area contributed by atoms with Crippen LogP contribution in [0.4, 0.5) is 5.82 Å². The third-order valence-corrected chi connectivity index (χ3v) is 3.82. The second-order valence-electron chi connectivity index (χ2n) is 5.37. The molecule has 104 valence electrons. The molecule has 4 heteroatoms. The van der Waals surface area contributed by atoms with Gasteiger partial charge < -0.3 is 10.4 Å². The fraction of sp³-hybridized carbons (Fsp3) is 0.600. The van der Waals surface area contributed by atoms with Crippen LogP contribution in [-0.2, 0) is 0 Å². The summed E-state index contributed by atoms with van der Waals surface area (Å²) in [5.74, 6) is 0.455. The monoisotopic (exact) mass is 262 g/mol. The first-order valence-electron chi connectivity index (χ1n) is 7.11. The van der Waals surface area contributed by atoms with E-state index in [9.17, 15) is 4.79 Å². The minimum absolute atomic E-state index is 0.256. The molecule has 0 spiro atoms. The van der Waals surface area contributed by atoms with Crippen LogP contribution >= 0.6 is 0 Å². The van der Waals surface area contributed by atoms with E-state index in [4.69, 9.17) is 5.11 Å². The van der Waals surface area contributed by atoms with Crippen molar-refractivity contribution in [1.29, 1.82) is 0 Å². The number of rotatable bonds is 6. The first-order valence-corrected chi connectivity index (χ1v) is 7.11. The quantitative estimate of drug-likeness (QED) is 0.771. The van der Waals surface area contributed by atoms with Crippen molar-refractivity contribution in [3.63, 3.8) is 0 Å². The van der Waals surface area contributed by atoms with Crippen molar-refractivity contribution in [2.24, 2.45) is 5.92 Å². The standard InChI is InChI=1S/C15H22N2O2/c1-11-8-9-13(15(18)19)14(17-11)16-10-4-7-12-5-2-3-6-12/h8-9,12H,2-7,10H2,1H3,(H,16,17)(H,18,19). The summed E-state index contributed by atoms with van der Waals surface area (Å²) in [6.45, 7) is 2.67. The SMILES string of the molecule is Cc1ccc(C(=O)O)c(NCCCC2CCCC2)n1. The summed E-state index contributed by atoms with van der Waals surface area (Å²) >= 11 is 0. The molecular formula is C15H22N2O2. The number of carbonyl (C=O) groups is 1. The van der Waals surface area contributed by atoms with Gasteiger partial charge in [0.25, 0.3) is 0 Å². The Morgan fingerprint density at radius 3 is 2.84 bits per heavy atom. The molecule has 1 saturated carbocycles. The summed E-state index contributed by atoms with van der Waals surface area (Å²) in [6, 6.07) is 3.34. The van der Waals surface area contributed by atoms with Gasteiger partial charge in [0, 0.05) is 12.2 Å². The van der Waals surface area contributed by atoms with Crippen LogP contribution in [0.3, 0.4) is 0 Å². The molecule has 0 atom stereocenters. The summed E-state index contributed by atoms with van der Waals surface area (Å²) in [4.78, 5) is 15.4. The Bertz CT molecular complexity index is 440. The van der Waals surface area contributed by atoms with Crippen LogP contribution in [0.5, 0.6) is 0 Å². The highest BCUT2D eigenvalue weighted by Crippen LogP contribution is 2.28. The van der Waals surface area contributed by atoms with E-state index in [1.54, 1.807) is 12.1 Å². The Hall–Kier alpha value is -1.58. The predicted octanol–water partition coefficient (Wildman–Crippen LogP) is 3.47. The van der Waals surface area contributed by atoms with Crippen molar-refractivity contribution < 1.29 is 9.90 Å². The molecule has 1 fully saturated rings. The number of anilines is 1. The van der Waals surface area contributed by atoms with Crippen molar-refractivity contribution in [3.8, 4) is 0 Å². The molecule has 4 nitrogen and oxygen atoms in total. The van der Waals surface area contributed by atoms with Crippen molar-refractivity contribution in [2.75, 3.05) is 11.9 Å². The molecule has 1 heterocycles. The normalized spacial score (nSPS) is 15.6. The summed E-state index contributed by atoms with van der Waals surface area (Å²) < 4.78 is 0. The number of hydrogen-bond donors (Lipinski definition) is 2. The van der Waals surface area contributed by atoms with E-state index in [1.807, 2.05) is 6.92 Å². The molecule has 2 rings (SSSR count). The molecule has 1 aliphatic rings. The molecular weight excluding hydrogens is 240 g/mol. The molecule has 0 radical (unpaired) electrons. The second-order valence-corrected chi connectivity index (χ2v) is 5.37. The topological polar surface area (TPSA) is 62.2 Å². The van der Waals surface area contributed by atoms with Gasteiger partial charge >= 0.3 is 5.97 Å². The Morgan fingerprint density at radius 1 is 1.42 bits per heavy atom. The first-order chi connectivity index (χ1) is 9.16. The largest absolute Gasteiger partial charge is 0.478 e. The Labute approximate surface area is 114 Å². The van der Waals surface area contributed by atoms with Gasteiger partial charge in [0.2, 0.25) is 0 Å². The van der Waals surface area contributed by atoms with Gasteiger partial charge in [-0.3, -0.25) is 0 Å². The molecule has 0 aromatic carbocycles. The molecule has 19 heavy (non-hydrogen) atoms. The zero-order valence-electron chi connectivity index (χ0n) is 11.5. The fourth-order valence-electron chi connectivity index (χ4n) is 2.76. The van der Waals surface area contributed by atoms with E-state index in [-0.39, 0.29) is 5.56 Å². The van der Waals surface area contributed by atoms with Gasteiger partial charge in [0.1, 0.15) is 11.4 Å². The number of aryl methyl sites for hydroxylation is 1. The highest BCUT2D eigenvalue weighted by atomic mass is 16.4. The number of nitrogens with zero attached hydrogens (tertiary/aromatic N) is 1. The van der Waals surface area contributed by atoms with Gasteiger partial charge in [0.15, 0.2) is 0 Å². The highest BCUT2D eigenvalue weighted by Gasteiger charge is 2.15. The van der Waals surface area contributed by atoms with Crippen LogP contribution in [-0.4, -0.2) is 22.6 Å². The molecule has 1 aromatic rings. The average molecular weight is 262 g/mol. The van der Waals surface area contributed by atoms with Gasteiger partial charge in [-0.2, -0.15) is 0 Å². The van der Waals surface area contributed by atoms with E-state index >= 15 is 0 Å². The number of carboxylic acid groups (broad SMARTS) is 1. The van der Waals surface area contributed by atoms with Gasteiger partial charge in [-0.1, -0.05) is 25.7 Å². The minimum Gasteiger partial charge on any atom is -0.478 e. The fourth-order valence-corrected chi connectivity index (χ4v) is 2.76. The van der Waals surface area contributed by atoms with Crippen molar-refractivity contribution in [3.05, 3.63) is 23.4 Å². The number of aromatic carboxylic acids is 1. The molecule has 1 aliphatic carbocycles.